The maximum Gasteiger partial charge on any atom is 0.342 e. The Morgan fingerprint density at radius 3 is 2.36 bits per heavy atom. The predicted molar refractivity (Wildman–Crippen MR) is 79.6 cm³/mol. The van der Waals surface area contributed by atoms with E-state index >= 15 is 0 Å². The fraction of sp³-hybridized carbons (Fsp3) is 0.500. The van der Waals surface area contributed by atoms with Gasteiger partial charge < -0.3 is 14.9 Å². The third kappa shape index (κ3) is 4.26. The third-order valence-electron chi connectivity index (χ3n) is 3.18. The zero-order chi connectivity index (χ0) is 17.0. The molecular weight excluding hydrogens is 310 g/mol. The highest BCUT2D eigenvalue weighted by Gasteiger charge is 2.43. The molecule has 0 saturated carbocycles. The van der Waals surface area contributed by atoms with Gasteiger partial charge in [-0.1, -0.05) is 17.7 Å². The minimum absolute atomic E-state index is 0.00141. The molecule has 22 heavy (non-hydrogen) atoms. The van der Waals surface area contributed by atoms with Gasteiger partial charge in [-0.15, -0.1) is 0 Å². The first-order valence-corrected chi connectivity index (χ1v) is 8.26. The molecule has 0 aliphatic carbocycles. The van der Waals surface area contributed by atoms with Crippen molar-refractivity contribution in [2.24, 2.45) is 0 Å². The fourth-order valence-electron chi connectivity index (χ4n) is 1.65. The Hall–Kier alpha value is -1.48. The largest absolute Gasteiger partial charge is 0.464 e. The molecule has 7 nitrogen and oxygen atoms in total. The van der Waals surface area contributed by atoms with Crippen molar-refractivity contribution in [1.29, 1.82) is 0 Å². The number of hydrogen-bond acceptors (Lipinski definition) is 6. The lowest BCUT2D eigenvalue weighted by Crippen LogP contribution is -2.56. The topological polar surface area (TPSA) is 113 Å². The fourth-order valence-corrected chi connectivity index (χ4v) is 2.72. The van der Waals surface area contributed by atoms with Gasteiger partial charge in [-0.05, 0) is 32.9 Å². The lowest BCUT2D eigenvalue weighted by Gasteiger charge is -2.28. The van der Waals surface area contributed by atoms with Gasteiger partial charge in [0, 0.05) is 0 Å². The summed E-state index contributed by atoms with van der Waals surface area (Å²) in [5, 5.41) is 19.8. The van der Waals surface area contributed by atoms with Crippen molar-refractivity contribution in [2.75, 3.05) is 13.2 Å². The molecule has 0 heterocycles. The minimum Gasteiger partial charge on any atom is -0.464 e. The zero-order valence-electron chi connectivity index (χ0n) is 12.7. The summed E-state index contributed by atoms with van der Waals surface area (Å²) >= 11 is 0. The Balaban J connectivity index is 2.93. The molecular formula is C14H21NO6S. The Labute approximate surface area is 130 Å². The van der Waals surface area contributed by atoms with Crippen LogP contribution in [0.15, 0.2) is 29.2 Å². The molecule has 0 aromatic heterocycles. The molecule has 0 unspecified atom stereocenters. The standard InChI is InChI=1S/C14H21NO6S/c1-4-21-13(17)14(18,11(3)16)9-15-22(19,20)12-7-5-10(2)6-8-12/h5-8,11,15-16,18H,4,9H2,1-3H3/t11-,14+/m1/s1. The molecule has 0 amide bonds. The number of aryl methyl sites for hydroxylation is 1. The lowest BCUT2D eigenvalue weighted by molar-refractivity contribution is -0.175. The van der Waals surface area contributed by atoms with E-state index in [1.54, 1.807) is 12.1 Å². The van der Waals surface area contributed by atoms with E-state index in [0.717, 1.165) is 5.56 Å². The van der Waals surface area contributed by atoms with E-state index < -0.39 is 34.2 Å². The van der Waals surface area contributed by atoms with Gasteiger partial charge in [0.05, 0.1) is 24.2 Å². The van der Waals surface area contributed by atoms with Crippen LogP contribution >= 0.6 is 0 Å². The van der Waals surface area contributed by atoms with Crippen LogP contribution in [0.5, 0.6) is 0 Å². The predicted octanol–water partition coefficient (Wildman–Crippen LogP) is -0.0517. The molecule has 1 aromatic rings. The lowest BCUT2D eigenvalue weighted by atomic mass is 9.98. The van der Waals surface area contributed by atoms with Crippen LogP contribution in [-0.4, -0.2) is 49.5 Å². The molecule has 0 bridgehead atoms. The molecule has 0 fully saturated rings. The number of ether oxygens (including phenoxy) is 1. The van der Waals surface area contributed by atoms with Crippen LogP contribution in [0, 0.1) is 6.92 Å². The number of aliphatic hydroxyl groups is 2. The quantitative estimate of drug-likeness (QED) is 0.604. The molecule has 0 radical (unpaired) electrons. The maximum absolute atomic E-state index is 12.1. The summed E-state index contributed by atoms with van der Waals surface area (Å²) in [6.07, 6.45) is -1.51. The van der Waals surface area contributed by atoms with Crippen molar-refractivity contribution < 1.29 is 28.2 Å². The molecule has 3 N–H and O–H groups in total. The molecule has 0 saturated heterocycles. The summed E-state index contributed by atoms with van der Waals surface area (Å²) in [6.45, 7) is 3.84. The third-order valence-corrected chi connectivity index (χ3v) is 4.60. The van der Waals surface area contributed by atoms with Crippen LogP contribution in [0.25, 0.3) is 0 Å². The van der Waals surface area contributed by atoms with Crippen LogP contribution in [0.1, 0.15) is 19.4 Å². The minimum atomic E-state index is -3.92. The molecule has 1 aromatic carbocycles. The first-order valence-electron chi connectivity index (χ1n) is 6.77. The van der Waals surface area contributed by atoms with E-state index in [-0.39, 0.29) is 11.5 Å². The summed E-state index contributed by atoms with van der Waals surface area (Å²) in [7, 11) is -3.92. The average molecular weight is 331 g/mol. The zero-order valence-corrected chi connectivity index (χ0v) is 13.6. The van der Waals surface area contributed by atoms with E-state index in [4.69, 9.17) is 0 Å². The van der Waals surface area contributed by atoms with Gasteiger partial charge in [0.2, 0.25) is 15.6 Å². The van der Waals surface area contributed by atoms with Gasteiger partial charge in [0.25, 0.3) is 0 Å². The van der Waals surface area contributed by atoms with Gasteiger partial charge in [0.15, 0.2) is 0 Å². The van der Waals surface area contributed by atoms with Crippen molar-refractivity contribution in [2.45, 2.75) is 37.4 Å². The van der Waals surface area contributed by atoms with E-state index in [0.29, 0.717) is 0 Å². The van der Waals surface area contributed by atoms with Crippen molar-refractivity contribution in [3.8, 4) is 0 Å². The average Bonchev–Trinajstić information content (AvgIpc) is 2.45. The highest BCUT2D eigenvalue weighted by atomic mass is 32.2. The van der Waals surface area contributed by atoms with Crippen LogP contribution in [0.2, 0.25) is 0 Å². The number of aliphatic hydroxyl groups excluding tert-OH is 1. The second-order valence-electron chi connectivity index (χ2n) is 4.96. The number of hydrogen-bond donors (Lipinski definition) is 3. The number of carbonyl (C=O) groups is 1. The van der Waals surface area contributed by atoms with E-state index in [2.05, 4.69) is 9.46 Å². The second kappa shape index (κ2) is 7.19. The van der Waals surface area contributed by atoms with Crippen molar-refractivity contribution >= 4 is 16.0 Å². The monoisotopic (exact) mass is 331 g/mol. The second-order valence-corrected chi connectivity index (χ2v) is 6.73. The molecule has 8 heteroatoms. The molecule has 1 rings (SSSR count). The first-order chi connectivity index (χ1) is 10.1. The number of carbonyl (C=O) groups excluding carboxylic acids is 1. The van der Waals surface area contributed by atoms with Crippen LogP contribution < -0.4 is 4.72 Å². The van der Waals surface area contributed by atoms with Crippen molar-refractivity contribution in [3.63, 3.8) is 0 Å². The van der Waals surface area contributed by atoms with E-state index in [1.807, 2.05) is 6.92 Å². The van der Waals surface area contributed by atoms with E-state index in [9.17, 15) is 23.4 Å². The van der Waals surface area contributed by atoms with Gasteiger partial charge >= 0.3 is 5.97 Å². The Morgan fingerprint density at radius 2 is 1.91 bits per heavy atom. The highest BCUT2D eigenvalue weighted by molar-refractivity contribution is 7.89. The Kier molecular flexibility index (Phi) is 6.07. The maximum atomic E-state index is 12.1. The number of esters is 1. The number of sulfonamides is 1. The smallest absolute Gasteiger partial charge is 0.342 e. The first kappa shape index (κ1) is 18.6. The summed E-state index contributed by atoms with van der Waals surface area (Å²) in [4.78, 5) is 11.7. The van der Waals surface area contributed by atoms with E-state index in [1.165, 1.54) is 26.0 Å². The molecule has 124 valence electrons. The summed E-state index contributed by atoms with van der Waals surface area (Å²) < 4.78 is 31.1. The van der Waals surface area contributed by atoms with Gasteiger partial charge in [-0.3, -0.25) is 0 Å². The summed E-state index contributed by atoms with van der Waals surface area (Å²) in [5.74, 6) is -1.09. The van der Waals surface area contributed by atoms with Crippen LogP contribution in [0.4, 0.5) is 0 Å². The Morgan fingerprint density at radius 1 is 1.36 bits per heavy atom. The number of nitrogens with one attached hydrogen (secondary N) is 1. The number of rotatable bonds is 7. The number of benzene rings is 1. The summed E-state index contributed by atoms with van der Waals surface area (Å²) in [5.41, 5.74) is -1.46. The van der Waals surface area contributed by atoms with Gasteiger partial charge in [-0.2, -0.15) is 0 Å². The summed E-state index contributed by atoms with van der Waals surface area (Å²) in [6, 6.07) is 6.06. The highest BCUT2D eigenvalue weighted by Crippen LogP contribution is 2.15. The Bertz CT molecular complexity index is 611. The van der Waals surface area contributed by atoms with Crippen molar-refractivity contribution in [3.05, 3.63) is 29.8 Å². The molecule has 0 aliphatic heterocycles. The molecule has 0 spiro atoms. The van der Waals surface area contributed by atoms with Gasteiger partial charge in [0.1, 0.15) is 0 Å². The van der Waals surface area contributed by atoms with Crippen LogP contribution in [-0.2, 0) is 19.6 Å². The van der Waals surface area contributed by atoms with Gasteiger partial charge in [-0.25, -0.2) is 17.9 Å². The van der Waals surface area contributed by atoms with Crippen LogP contribution in [0.3, 0.4) is 0 Å². The molecule has 2 atom stereocenters. The SMILES string of the molecule is CCOC(=O)[C@](O)(CNS(=O)(=O)c1ccc(C)cc1)[C@@H](C)O. The van der Waals surface area contributed by atoms with Crippen molar-refractivity contribution in [1.82, 2.24) is 4.72 Å². The molecule has 0 aliphatic rings. The normalized spacial score (nSPS) is 15.9.